The molecule has 1 aromatic rings. The van der Waals surface area contributed by atoms with Gasteiger partial charge in [-0.1, -0.05) is 24.6 Å². The van der Waals surface area contributed by atoms with Gasteiger partial charge in [-0.05, 0) is 50.4 Å². The van der Waals surface area contributed by atoms with Crippen molar-refractivity contribution in [3.05, 3.63) is 42.5 Å². The summed E-state index contributed by atoms with van der Waals surface area (Å²) in [6, 6.07) is 8.66. The Hall–Kier alpha value is -1.28. The van der Waals surface area contributed by atoms with Crippen LogP contribution in [-0.2, 0) is 0 Å². The van der Waals surface area contributed by atoms with Crippen LogP contribution in [0.4, 0.5) is 0 Å². The van der Waals surface area contributed by atoms with Gasteiger partial charge in [0.05, 0.1) is 7.11 Å². The zero-order valence-electron chi connectivity index (χ0n) is 11.6. The van der Waals surface area contributed by atoms with Gasteiger partial charge in [-0.3, -0.25) is 0 Å². The van der Waals surface area contributed by atoms with Crippen molar-refractivity contribution in [2.24, 2.45) is 0 Å². The Bertz CT molecular complexity index is 331. The summed E-state index contributed by atoms with van der Waals surface area (Å²) < 4.78 is 5.16. The van der Waals surface area contributed by atoms with E-state index in [0.717, 1.165) is 18.7 Å². The molecule has 2 heteroatoms. The lowest BCUT2D eigenvalue weighted by molar-refractivity contribution is 0.414. The number of nitrogens with one attached hydrogen (secondary N) is 1. The first kappa shape index (κ1) is 14.8. The second-order valence-electron chi connectivity index (χ2n) is 4.59. The van der Waals surface area contributed by atoms with E-state index in [4.69, 9.17) is 4.74 Å². The SMILES string of the molecule is C=CCCCCCN[C@H](C)c1ccc(OC)cc1. The molecule has 0 spiro atoms. The van der Waals surface area contributed by atoms with Crippen LogP contribution in [0.1, 0.15) is 44.2 Å². The molecule has 100 valence electrons. The van der Waals surface area contributed by atoms with Gasteiger partial charge in [0.15, 0.2) is 0 Å². The summed E-state index contributed by atoms with van der Waals surface area (Å²) in [4.78, 5) is 0. The number of benzene rings is 1. The largest absolute Gasteiger partial charge is 0.497 e. The molecule has 0 aliphatic rings. The smallest absolute Gasteiger partial charge is 0.118 e. The van der Waals surface area contributed by atoms with E-state index in [9.17, 15) is 0 Å². The van der Waals surface area contributed by atoms with E-state index < -0.39 is 0 Å². The summed E-state index contributed by atoms with van der Waals surface area (Å²) in [5.41, 5.74) is 1.31. The van der Waals surface area contributed by atoms with Gasteiger partial charge in [-0.15, -0.1) is 6.58 Å². The molecule has 0 radical (unpaired) electrons. The van der Waals surface area contributed by atoms with Crippen molar-refractivity contribution in [2.75, 3.05) is 13.7 Å². The van der Waals surface area contributed by atoms with Gasteiger partial charge < -0.3 is 10.1 Å². The summed E-state index contributed by atoms with van der Waals surface area (Å²) >= 11 is 0. The molecule has 18 heavy (non-hydrogen) atoms. The number of unbranched alkanes of at least 4 members (excludes halogenated alkanes) is 3. The van der Waals surface area contributed by atoms with E-state index in [2.05, 4.69) is 31.0 Å². The predicted octanol–water partition coefficient (Wildman–Crippen LogP) is 4.09. The summed E-state index contributed by atoms with van der Waals surface area (Å²) in [6.45, 7) is 7.01. The Morgan fingerprint density at radius 1 is 1.22 bits per heavy atom. The molecule has 0 aliphatic carbocycles. The summed E-state index contributed by atoms with van der Waals surface area (Å²) in [5.74, 6) is 0.912. The second-order valence-corrected chi connectivity index (χ2v) is 4.59. The van der Waals surface area contributed by atoms with Crippen molar-refractivity contribution in [2.45, 2.75) is 38.6 Å². The molecule has 0 heterocycles. The lowest BCUT2D eigenvalue weighted by Crippen LogP contribution is -2.19. The quantitative estimate of drug-likeness (QED) is 0.524. The highest BCUT2D eigenvalue weighted by atomic mass is 16.5. The minimum atomic E-state index is 0.398. The van der Waals surface area contributed by atoms with Crippen LogP contribution in [0.25, 0.3) is 0 Å². The maximum Gasteiger partial charge on any atom is 0.118 e. The predicted molar refractivity (Wildman–Crippen MR) is 78.1 cm³/mol. The van der Waals surface area contributed by atoms with Gasteiger partial charge in [0.1, 0.15) is 5.75 Å². The molecule has 0 aliphatic heterocycles. The third kappa shape index (κ3) is 5.37. The van der Waals surface area contributed by atoms with E-state index in [1.54, 1.807) is 7.11 Å². The topological polar surface area (TPSA) is 21.3 Å². The van der Waals surface area contributed by atoms with Crippen LogP contribution in [0.5, 0.6) is 5.75 Å². The van der Waals surface area contributed by atoms with Gasteiger partial charge in [-0.2, -0.15) is 0 Å². The lowest BCUT2D eigenvalue weighted by Gasteiger charge is -2.14. The van der Waals surface area contributed by atoms with Crippen LogP contribution in [0, 0.1) is 0 Å². The van der Waals surface area contributed by atoms with Crippen LogP contribution in [0.15, 0.2) is 36.9 Å². The summed E-state index contributed by atoms with van der Waals surface area (Å²) in [6.07, 6.45) is 6.88. The Labute approximate surface area is 111 Å². The maximum atomic E-state index is 5.16. The molecule has 1 rings (SSSR count). The second kappa shape index (κ2) is 8.76. The first-order chi connectivity index (χ1) is 8.77. The fourth-order valence-electron chi connectivity index (χ4n) is 1.92. The fourth-order valence-corrected chi connectivity index (χ4v) is 1.92. The van der Waals surface area contributed by atoms with E-state index >= 15 is 0 Å². The maximum absolute atomic E-state index is 5.16. The van der Waals surface area contributed by atoms with Crippen molar-refractivity contribution >= 4 is 0 Å². The molecule has 0 saturated heterocycles. The third-order valence-corrected chi connectivity index (χ3v) is 3.15. The minimum absolute atomic E-state index is 0.398. The number of ether oxygens (including phenoxy) is 1. The highest BCUT2D eigenvalue weighted by Gasteiger charge is 2.03. The Morgan fingerprint density at radius 3 is 2.56 bits per heavy atom. The average Bonchev–Trinajstić information content (AvgIpc) is 2.42. The van der Waals surface area contributed by atoms with Gasteiger partial charge in [0, 0.05) is 6.04 Å². The average molecular weight is 247 g/mol. The third-order valence-electron chi connectivity index (χ3n) is 3.15. The van der Waals surface area contributed by atoms with E-state index in [1.165, 1.54) is 24.8 Å². The number of methoxy groups -OCH3 is 1. The van der Waals surface area contributed by atoms with Gasteiger partial charge in [0.2, 0.25) is 0 Å². The molecule has 1 aromatic carbocycles. The van der Waals surface area contributed by atoms with E-state index in [1.807, 2.05) is 18.2 Å². The van der Waals surface area contributed by atoms with Crippen LogP contribution < -0.4 is 10.1 Å². The molecule has 1 atom stereocenters. The molecule has 2 nitrogen and oxygen atoms in total. The Kier molecular flexibility index (Phi) is 7.19. The summed E-state index contributed by atoms with van der Waals surface area (Å²) in [5, 5.41) is 3.55. The van der Waals surface area contributed by atoms with Gasteiger partial charge in [0.25, 0.3) is 0 Å². The van der Waals surface area contributed by atoms with Crippen LogP contribution >= 0.6 is 0 Å². The highest BCUT2D eigenvalue weighted by Crippen LogP contribution is 2.17. The van der Waals surface area contributed by atoms with Gasteiger partial charge in [-0.25, -0.2) is 0 Å². The molecule has 0 amide bonds. The normalized spacial score (nSPS) is 12.1. The Morgan fingerprint density at radius 2 is 1.94 bits per heavy atom. The fraction of sp³-hybridized carbons (Fsp3) is 0.500. The molecule has 1 N–H and O–H groups in total. The van der Waals surface area contributed by atoms with Crippen molar-refractivity contribution < 1.29 is 4.74 Å². The number of rotatable bonds is 9. The standard InChI is InChI=1S/C16H25NO/c1-4-5-6-7-8-13-17-14(2)15-9-11-16(18-3)12-10-15/h4,9-12,14,17H,1,5-8,13H2,2-3H3/t14-/m1/s1. The molecule has 0 saturated carbocycles. The Balaban J connectivity index is 2.22. The van der Waals surface area contributed by atoms with Crippen molar-refractivity contribution in [3.63, 3.8) is 0 Å². The lowest BCUT2D eigenvalue weighted by atomic mass is 10.1. The molecule has 0 unspecified atom stereocenters. The van der Waals surface area contributed by atoms with Crippen molar-refractivity contribution in [1.82, 2.24) is 5.32 Å². The first-order valence-corrected chi connectivity index (χ1v) is 6.76. The molecule has 0 aromatic heterocycles. The van der Waals surface area contributed by atoms with Crippen LogP contribution in [-0.4, -0.2) is 13.7 Å². The van der Waals surface area contributed by atoms with E-state index in [0.29, 0.717) is 6.04 Å². The zero-order chi connectivity index (χ0) is 13.2. The first-order valence-electron chi connectivity index (χ1n) is 6.76. The summed E-state index contributed by atoms with van der Waals surface area (Å²) in [7, 11) is 1.69. The van der Waals surface area contributed by atoms with Gasteiger partial charge >= 0.3 is 0 Å². The number of hydrogen-bond donors (Lipinski definition) is 1. The monoisotopic (exact) mass is 247 g/mol. The molecular weight excluding hydrogens is 222 g/mol. The molecule has 0 bridgehead atoms. The highest BCUT2D eigenvalue weighted by molar-refractivity contribution is 5.28. The van der Waals surface area contributed by atoms with Crippen molar-refractivity contribution in [3.8, 4) is 5.75 Å². The van der Waals surface area contributed by atoms with Crippen LogP contribution in [0.2, 0.25) is 0 Å². The zero-order valence-corrected chi connectivity index (χ0v) is 11.6. The molecular formula is C16H25NO. The van der Waals surface area contributed by atoms with E-state index in [-0.39, 0.29) is 0 Å². The van der Waals surface area contributed by atoms with Crippen molar-refractivity contribution in [1.29, 1.82) is 0 Å². The molecule has 0 fully saturated rings. The number of allylic oxidation sites excluding steroid dienone is 1. The van der Waals surface area contributed by atoms with Crippen LogP contribution in [0.3, 0.4) is 0 Å². The number of hydrogen-bond acceptors (Lipinski definition) is 2. The minimum Gasteiger partial charge on any atom is -0.497 e.